The molecular formula is C12H17N6O2S2+. The summed E-state index contributed by atoms with van der Waals surface area (Å²) < 4.78 is 0.195. The highest BCUT2D eigenvalue weighted by molar-refractivity contribution is 7.80. The van der Waals surface area contributed by atoms with Crippen molar-refractivity contribution < 1.29 is 4.92 Å². The van der Waals surface area contributed by atoms with E-state index in [9.17, 15) is 10.1 Å². The molecular weight excluding hydrogens is 324 g/mol. The number of thiocarbonyl (C=S) groups is 1. The Labute approximate surface area is 137 Å². The number of aromatic nitrogens is 1. The highest BCUT2D eigenvalue weighted by Crippen LogP contribution is 2.36. The van der Waals surface area contributed by atoms with E-state index in [-0.39, 0.29) is 9.48 Å². The van der Waals surface area contributed by atoms with E-state index in [1.54, 1.807) is 0 Å². The fourth-order valence-electron chi connectivity index (χ4n) is 2.46. The van der Waals surface area contributed by atoms with Crippen molar-refractivity contribution in [2.24, 2.45) is 0 Å². The molecule has 0 radical (unpaired) electrons. The summed E-state index contributed by atoms with van der Waals surface area (Å²) in [6, 6.07) is 0. The SMILES string of the molecule is CN1CCN(N2C=C[N+](C)(c3ncc([N+](=O)[O-])s3)C2=S)CC1. The van der Waals surface area contributed by atoms with Gasteiger partial charge in [-0.05, 0) is 7.05 Å². The lowest BCUT2D eigenvalue weighted by Crippen LogP contribution is -2.56. The molecule has 2 aliphatic heterocycles. The molecule has 1 saturated heterocycles. The van der Waals surface area contributed by atoms with Crippen LogP contribution in [0.5, 0.6) is 0 Å². The molecule has 1 atom stereocenters. The monoisotopic (exact) mass is 341 g/mol. The topological polar surface area (TPSA) is 65.8 Å². The van der Waals surface area contributed by atoms with E-state index in [0.29, 0.717) is 10.2 Å². The molecule has 22 heavy (non-hydrogen) atoms. The Hall–Kier alpha value is -1.46. The molecule has 0 aliphatic carbocycles. The van der Waals surface area contributed by atoms with Gasteiger partial charge in [0.05, 0.1) is 18.2 Å². The van der Waals surface area contributed by atoms with E-state index in [0.717, 1.165) is 37.5 Å². The zero-order chi connectivity index (χ0) is 15.9. The molecule has 0 bridgehead atoms. The summed E-state index contributed by atoms with van der Waals surface area (Å²) >= 11 is 6.68. The van der Waals surface area contributed by atoms with Gasteiger partial charge in [-0.1, -0.05) is 0 Å². The number of hydrazine groups is 1. The Balaban J connectivity index is 1.80. The van der Waals surface area contributed by atoms with Crippen LogP contribution in [0.2, 0.25) is 0 Å². The fraction of sp³-hybridized carbons (Fsp3) is 0.500. The van der Waals surface area contributed by atoms with Gasteiger partial charge in [-0.25, -0.2) is 10.0 Å². The maximum Gasteiger partial charge on any atom is 0.349 e. The molecule has 0 spiro atoms. The number of likely N-dealkylation sites (N-methyl/N-ethyl adjacent to an activating group) is 1. The quantitative estimate of drug-likeness (QED) is 0.354. The molecule has 1 aromatic rings. The summed E-state index contributed by atoms with van der Waals surface area (Å²) in [6.45, 7) is 3.77. The van der Waals surface area contributed by atoms with Gasteiger partial charge in [0.15, 0.2) is 0 Å². The normalized spacial score (nSPS) is 26.8. The Kier molecular flexibility index (Phi) is 3.95. The molecule has 0 aromatic carbocycles. The first-order chi connectivity index (χ1) is 10.4. The third-order valence-corrected chi connectivity index (χ3v) is 5.64. The average Bonchev–Trinajstić information content (AvgIpc) is 3.08. The Bertz CT molecular complexity index is 639. The van der Waals surface area contributed by atoms with E-state index in [2.05, 4.69) is 21.9 Å². The summed E-state index contributed by atoms with van der Waals surface area (Å²) in [4.78, 5) is 16.9. The molecule has 0 saturated carbocycles. The smallest absolute Gasteiger partial charge is 0.304 e. The van der Waals surface area contributed by atoms with E-state index >= 15 is 0 Å². The van der Waals surface area contributed by atoms with Crippen LogP contribution >= 0.6 is 23.6 Å². The predicted octanol–water partition coefficient (Wildman–Crippen LogP) is 1.22. The lowest BCUT2D eigenvalue weighted by atomic mass is 10.4. The molecule has 2 aliphatic rings. The number of thiazole rings is 1. The van der Waals surface area contributed by atoms with Gasteiger partial charge < -0.3 is 4.90 Å². The first-order valence-corrected chi connectivity index (χ1v) is 8.08. The van der Waals surface area contributed by atoms with Gasteiger partial charge in [0.2, 0.25) is 0 Å². The number of hydrogen-bond acceptors (Lipinski definition) is 7. The van der Waals surface area contributed by atoms with Gasteiger partial charge in [-0.2, -0.15) is 9.47 Å². The lowest BCUT2D eigenvalue weighted by Gasteiger charge is -2.37. The van der Waals surface area contributed by atoms with Crippen molar-refractivity contribution in [3.05, 3.63) is 28.7 Å². The van der Waals surface area contributed by atoms with Crippen LogP contribution in [0.4, 0.5) is 10.1 Å². The van der Waals surface area contributed by atoms with Crippen LogP contribution in [0, 0.1) is 10.1 Å². The van der Waals surface area contributed by atoms with Gasteiger partial charge >= 0.3 is 15.2 Å². The van der Waals surface area contributed by atoms with E-state index in [1.807, 2.05) is 24.5 Å². The molecule has 0 amide bonds. The van der Waals surface area contributed by atoms with Gasteiger partial charge in [-0.15, -0.1) is 0 Å². The molecule has 118 valence electrons. The van der Waals surface area contributed by atoms with Gasteiger partial charge in [0, 0.05) is 49.7 Å². The highest BCUT2D eigenvalue weighted by atomic mass is 32.1. The van der Waals surface area contributed by atoms with Crippen molar-refractivity contribution in [3.63, 3.8) is 0 Å². The minimum atomic E-state index is -0.422. The summed E-state index contributed by atoms with van der Waals surface area (Å²) in [5.41, 5.74) is 0. The largest absolute Gasteiger partial charge is 0.349 e. The third-order valence-electron chi connectivity index (χ3n) is 3.94. The fourth-order valence-corrected chi connectivity index (χ4v) is 3.66. The lowest BCUT2D eigenvalue weighted by molar-refractivity contribution is -0.380. The third kappa shape index (κ3) is 2.52. The van der Waals surface area contributed by atoms with E-state index in [4.69, 9.17) is 12.2 Å². The van der Waals surface area contributed by atoms with E-state index in [1.165, 1.54) is 6.20 Å². The van der Waals surface area contributed by atoms with Crippen LogP contribution in [-0.2, 0) is 0 Å². The zero-order valence-electron chi connectivity index (χ0n) is 12.4. The standard InChI is InChI=1S/C12H17N6O2S2/c1-14-3-5-15(6-4-14)16-7-8-18(2,12(16)21)11-13-9-10(22-11)17(19)20/h7-9H,3-6H2,1-2H3/q+1. The van der Waals surface area contributed by atoms with Gasteiger partial charge in [0.25, 0.3) is 0 Å². The molecule has 8 nitrogen and oxygen atoms in total. The molecule has 1 fully saturated rings. The van der Waals surface area contributed by atoms with Crippen molar-refractivity contribution in [2.75, 3.05) is 40.3 Å². The van der Waals surface area contributed by atoms with Crippen LogP contribution in [0.3, 0.4) is 0 Å². The molecule has 10 heteroatoms. The Morgan fingerprint density at radius 3 is 2.68 bits per heavy atom. The Morgan fingerprint density at radius 2 is 2.09 bits per heavy atom. The van der Waals surface area contributed by atoms with Crippen LogP contribution in [0.25, 0.3) is 0 Å². The first kappa shape index (κ1) is 15.4. The zero-order valence-corrected chi connectivity index (χ0v) is 14.0. The summed E-state index contributed by atoms with van der Waals surface area (Å²) in [6.07, 6.45) is 5.14. The Morgan fingerprint density at radius 1 is 1.41 bits per heavy atom. The van der Waals surface area contributed by atoms with Crippen molar-refractivity contribution >= 4 is 38.8 Å². The molecule has 3 rings (SSSR count). The second-order valence-corrected chi connectivity index (χ2v) is 6.85. The van der Waals surface area contributed by atoms with Crippen LogP contribution in [-0.4, -0.2) is 70.2 Å². The number of nitro groups is 1. The first-order valence-electron chi connectivity index (χ1n) is 6.85. The maximum absolute atomic E-state index is 10.9. The predicted molar refractivity (Wildman–Crippen MR) is 89.1 cm³/mol. The molecule has 0 N–H and O–H groups in total. The number of piperazine rings is 1. The number of rotatable bonds is 3. The molecule has 1 aromatic heterocycles. The van der Waals surface area contributed by atoms with Crippen LogP contribution in [0.15, 0.2) is 18.6 Å². The highest BCUT2D eigenvalue weighted by Gasteiger charge is 2.43. The average molecular weight is 341 g/mol. The number of hydrogen-bond donors (Lipinski definition) is 0. The summed E-state index contributed by atoms with van der Waals surface area (Å²) in [5, 5.41) is 16.3. The summed E-state index contributed by atoms with van der Waals surface area (Å²) in [7, 11) is 4.00. The van der Waals surface area contributed by atoms with Crippen molar-refractivity contribution in [3.8, 4) is 0 Å². The minimum Gasteiger partial charge on any atom is -0.304 e. The maximum atomic E-state index is 10.9. The molecule has 1 unspecified atom stereocenters. The number of nitrogens with zero attached hydrogens (tertiary/aromatic N) is 6. The van der Waals surface area contributed by atoms with Crippen molar-refractivity contribution in [2.45, 2.75) is 0 Å². The number of quaternary nitrogens is 1. The minimum absolute atomic E-state index is 0.0311. The van der Waals surface area contributed by atoms with Crippen LogP contribution < -0.4 is 4.48 Å². The van der Waals surface area contributed by atoms with Crippen molar-refractivity contribution in [1.29, 1.82) is 0 Å². The summed E-state index contributed by atoms with van der Waals surface area (Å²) in [5.74, 6) is 0. The molecule has 3 heterocycles. The van der Waals surface area contributed by atoms with Gasteiger partial charge in [-0.3, -0.25) is 10.1 Å². The van der Waals surface area contributed by atoms with E-state index < -0.39 is 4.92 Å². The second kappa shape index (κ2) is 5.63. The van der Waals surface area contributed by atoms with Crippen LogP contribution in [0.1, 0.15) is 0 Å². The van der Waals surface area contributed by atoms with Crippen molar-refractivity contribution in [1.82, 2.24) is 24.4 Å². The van der Waals surface area contributed by atoms with Gasteiger partial charge in [0.1, 0.15) is 12.4 Å². The second-order valence-electron chi connectivity index (χ2n) is 5.50.